The van der Waals surface area contributed by atoms with Gasteiger partial charge in [-0.3, -0.25) is 4.79 Å². The number of hydrogen-bond donors (Lipinski definition) is 2. The van der Waals surface area contributed by atoms with Gasteiger partial charge in [0.05, 0.1) is 7.11 Å². The summed E-state index contributed by atoms with van der Waals surface area (Å²) in [6.07, 6.45) is 0.589. The molecule has 0 aromatic carbocycles. The highest BCUT2D eigenvalue weighted by Crippen LogP contribution is 1.41. The van der Waals surface area contributed by atoms with Gasteiger partial charge < -0.3 is 10.1 Å². The first kappa shape index (κ1) is 6.45. The van der Waals surface area contributed by atoms with Crippen molar-refractivity contribution in [2.45, 2.75) is 0 Å². The summed E-state index contributed by atoms with van der Waals surface area (Å²) in [7, 11) is 1.83. The van der Waals surface area contributed by atoms with Gasteiger partial charge >= 0.3 is 7.55 Å². The Morgan fingerprint density at radius 3 is 3.00 bits per heavy atom. The summed E-state index contributed by atoms with van der Waals surface area (Å²) in [5.41, 5.74) is 0. The minimum atomic E-state index is 0.347. The van der Waals surface area contributed by atoms with Crippen LogP contribution in [0.3, 0.4) is 0 Å². The lowest BCUT2D eigenvalue weighted by molar-refractivity contribution is -0.108. The zero-order valence-electron chi connectivity index (χ0n) is 4.10. The SMILES string of the molecule is CONBNC=O. The maximum absolute atomic E-state index is 9.47. The molecule has 0 atom stereocenters. The van der Waals surface area contributed by atoms with Crippen molar-refractivity contribution in [2.75, 3.05) is 7.11 Å². The largest absolute Gasteiger partial charge is 0.389 e. The molecule has 0 unspecified atom stereocenters. The van der Waals surface area contributed by atoms with Crippen molar-refractivity contribution in [3.8, 4) is 0 Å². The summed E-state index contributed by atoms with van der Waals surface area (Å²) >= 11 is 0. The topological polar surface area (TPSA) is 50.4 Å². The molecule has 0 aromatic heterocycles. The molecule has 0 aliphatic rings. The van der Waals surface area contributed by atoms with E-state index >= 15 is 0 Å². The third-order valence-corrected chi connectivity index (χ3v) is 0.402. The second kappa shape index (κ2) is 5.45. The maximum Gasteiger partial charge on any atom is 0.346 e. The van der Waals surface area contributed by atoms with Gasteiger partial charge in [0.2, 0.25) is 0 Å². The first-order chi connectivity index (χ1) is 3.41. The summed E-state index contributed by atoms with van der Waals surface area (Å²) in [6.45, 7) is 0. The predicted molar refractivity (Wildman–Crippen MR) is 26.5 cm³/mol. The highest BCUT2D eigenvalue weighted by atomic mass is 16.6. The third-order valence-electron chi connectivity index (χ3n) is 0.402. The van der Waals surface area contributed by atoms with Crippen LogP contribution in [0.5, 0.6) is 0 Å². The van der Waals surface area contributed by atoms with Crippen LogP contribution in [0.25, 0.3) is 0 Å². The second-order valence-electron chi connectivity index (χ2n) is 0.847. The normalized spacial score (nSPS) is 7.57. The summed E-state index contributed by atoms with van der Waals surface area (Å²) in [5, 5.41) is 4.74. The monoisotopic (exact) mass is 102 g/mol. The van der Waals surface area contributed by atoms with Crippen LogP contribution in [-0.2, 0) is 9.63 Å². The summed E-state index contributed by atoms with van der Waals surface area (Å²) in [5.74, 6) is 0. The molecule has 0 saturated carbocycles. The molecule has 0 heterocycles. The van der Waals surface area contributed by atoms with E-state index in [1.165, 1.54) is 7.11 Å². The van der Waals surface area contributed by atoms with Gasteiger partial charge in [-0.2, -0.15) is 0 Å². The van der Waals surface area contributed by atoms with Gasteiger partial charge in [-0.05, 0) is 0 Å². The quantitative estimate of drug-likeness (QED) is 0.189. The lowest BCUT2D eigenvalue weighted by Gasteiger charge is -1.92. The highest BCUT2D eigenvalue weighted by Gasteiger charge is 1.79. The zero-order valence-corrected chi connectivity index (χ0v) is 4.10. The number of nitrogens with one attached hydrogen (secondary N) is 2. The molecule has 0 radical (unpaired) electrons. The van der Waals surface area contributed by atoms with Crippen LogP contribution >= 0.6 is 0 Å². The molecule has 40 valence electrons. The fourth-order valence-corrected chi connectivity index (χ4v) is 0.156. The lowest BCUT2D eigenvalue weighted by atomic mass is 10.2. The average Bonchev–Trinajstić information content (AvgIpc) is 1.69. The van der Waals surface area contributed by atoms with E-state index in [1.54, 1.807) is 0 Å². The Labute approximate surface area is 42.5 Å². The predicted octanol–water partition coefficient (Wildman–Crippen LogP) is -1.85. The Hall–Kier alpha value is -0.545. The molecule has 0 rings (SSSR count). The first-order valence-electron chi connectivity index (χ1n) is 1.84. The minimum absolute atomic E-state index is 0.347. The van der Waals surface area contributed by atoms with Crippen molar-refractivity contribution < 1.29 is 9.63 Å². The molecule has 1 amide bonds. The van der Waals surface area contributed by atoms with Crippen LogP contribution in [0.15, 0.2) is 0 Å². The van der Waals surface area contributed by atoms with Crippen molar-refractivity contribution in [2.24, 2.45) is 0 Å². The van der Waals surface area contributed by atoms with Crippen LogP contribution in [0.4, 0.5) is 0 Å². The minimum Gasteiger partial charge on any atom is -0.389 e. The molecule has 7 heavy (non-hydrogen) atoms. The van der Waals surface area contributed by atoms with Crippen molar-refractivity contribution in [1.29, 1.82) is 0 Å². The van der Waals surface area contributed by atoms with Crippen molar-refractivity contribution in [3.05, 3.63) is 0 Å². The standard InChI is InChI=1S/C2H7BN2O2/c1-7-5-3-4-2-6/h2-3,5H,1H3,(H,4,6). The van der Waals surface area contributed by atoms with Crippen LogP contribution in [0.1, 0.15) is 0 Å². The summed E-state index contributed by atoms with van der Waals surface area (Å²) in [4.78, 5) is 13.8. The number of rotatable bonds is 4. The fourth-order valence-electron chi connectivity index (χ4n) is 0.156. The number of carbonyl (C=O) groups excluding carboxylic acids is 1. The van der Waals surface area contributed by atoms with Crippen LogP contribution < -0.4 is 10.6 Å². The smallest absolute Gasteiger partial charge is 0.346 e. The number of amides is 1. The third kappa shape index (κ3) is 5.45. The molecule has 0 fully saturated rings. The molecular formula is C2H7BN2O2. The van der Waals surface area contributed by atoms with Gasteiger partial charge in [-0.25, -0.2) is 5.39 Å². The second-order valence-corrected chi connectivity index (χ2v) is 0.847. The molecule has 0 saturated heterocycles. The Morgan fingerprint density at radius 1 is 1.86 bits per heavy atom. The van der Waals surface area contributed by atoms with E-state index in [9.17, 15) is 4.79 Å². The number of hydrogen-bond acceptors (Lipinski definition) is 3. The molecule has 0 aromatic rings. The molecule has 5 heteroatoms. The molecule has 0 aliphatic heterocycles. The van der Waals surface area contributed by atoms with Crippen LogP contribution in [0, 0.1) is 0 Å². The Balaban J connectivity index is 2.56. The number of carbonyl (C=O) groups is 1. The highest BCUT2D eigenvalue weighted by molar-refractivity contribution is 6.31. The van der Waals surface area contributed by atoms with Gasteiger partial charge in [0, 0.05) is 0 Å². The maximum atomic E-state index is 9.47. The molecular weight excluding hydrogens is 94.8 g/mol. The summed E-state index contributed by atoms with van der Waals surface area (Å²) < 4.78 is 0. The van der Waals surface area contributed by atoms with E-state index in [-0.39, 0.29) is 0 Å². The summed E-state index contributed by atoms with van der Waals surface area (Å²) in [6, 6.07) is 0. The lowest BCUT2D eigenvalue weighted by Crippen LogP contribution is -2.31. The molecule has 0 spiro atoms. The van der Waals surface area contributed by atoms with Gasteiger partial charge in [0.1, 0.15) is 0 Å². The van der Waals surface area contributed by atoms with E-state index in [2.05, 4.69) is 15.5 Å². The van der Waals surface area contributed by atoms with Gasteiger partial charge in [-0.1, -0.05) is 0 Å². The average molecular weight is 102 g/mol. The van der Waals surface area contributed by atoms with Crippen molar-refractivity contribution in [3.63, 3.8) is 0 Å². The Morgan fingerprint density at radius 2 is 2.57 bits per heavy atom. The van der Waals surface area contributed by atoms with Crippen LogP contribution in [0.2, 0.25) is 0 Å². The fraction of sp³-hybridized carbons (Fsp3) is 0.500. The molecule has 0 bridgehead atoms. The van der Waals surface area contributed by atoms with Gasteiger partial charge in [0.15, 0.2) is 6.41 Å². The Bertz CT molecular complexity index is 51.0. The van der Waals surface area contributed by atoms with E-state index in [0.717, 1.165) is 0 Å². The van der Waals surface area contributed by atoms with E-state index in [0.29, 0.717) is 14.0 Å². The van der Waals surface area contributed by atoms with Crippen LogP contribution in [-0.4, -0.2) is 21.1 Å². The Kier molecular flexibility index (Phi) is 5.03. The first-order valence-corrected chi connectivity index (χ1v) is 1.84. The van der Waals surface area contributed by atoms with E-state index in [4.69, 9.17) is 0 Å². The van der Waals surface area contributed by atoms with Crippen molar-refractivity contribution in [1.82, 2.24) is 10.6 Å². The van der Waals surface area contributed by atoms with E-state index < -0.39 is 0 Å². The van der Waals surface area contributed by atoms with Crippen molar-refractivity contribution >= 4 is 14.0 Å². The van der Waals surface area contributed by atoms with E-state index in [1.807, 2.05) is 0 Å². The van der Waals surface area contributed by atoms with Gasteiger partial charge in [0.25, 0.3) is 0 Å². The molecule has 4 nitrogen and oxygen atoms in total. The molecule has 2 N–H and O–H groups in total. The van der Waals surface area contributed by atoms with Gasteiger partial charge in [-0.15, -0.1) is 0 Å². The molecule has 0 aliphatic carbocycles. The zero-order chi connectivity index (χ0) is 5.54.